The van der Waals surface area contributed by atoms with Crippen LogP contribution in [0.1, 0.15) is 58.3 Å². The maximum atomic E-state index is 10.8. The molecule has 0 N–H and O–H groups in total. The molecule has 0 aliphatic carbocycles. The quantitative estimate of drug-likeness (QED) is 0.341. The fourth-order valence-electron chi connectivity index (χ4n) is 1.65. The van der Waals surface area contributed by atoms with Gasteiger partial charge >= 0.3 is 11.9 Å². The van der Waals surface area contributed by atoms with E-state index >= 15 is 0 Å². The molecule has 0 unspecified atom stereocenters. The van der Waals surface area contributed by atoms with Crippen molar-refractivity contribution in [1.82, 2.24) is 0 Å². The van der Waals surface area contributed by atoms with Crippen LogP contribution in [0.4, 0.5) is 0 Å². The van der Waals surface area contributed by atoms with Gasteiger partial charge in [-0.15, -0.1) is 0 Å². The SMILES string of the molecule is C=C(CCCCCCCCC(=O)OC)OC(C)=O. The van der Waals surface area contributed by atoms with E-state index in [0.717, 1.165) is 44.9 Å². The molecular formula is C14H24O4. The van der Waals surface area contributed by atoms with Crippen LogP contribution < -0.4 is 0 Å². The standard InChI is InChI=1S/C14H24O4/c1-12(18-13(2)15)10-8-6-4-5-7-9-11-14(16)17-3/h1,4-11H2,2-3H3. The number of unbranched alkanes of at least 4 members (excludes halogenated alkanes) is 5. The molecule has 0 aliphatic heterocycles. The lowest BCUT2D eigenvalue weighted by Gasteiger charge is -2.05. The van der Waals surface area contributed by atoms with Gasteiger partial charge in [0.15, 0.2) is 0 Å². The van der Waals surface area contributed by atoms with Crippen molar-refractivity contribution >= 4 is 11.9 Å². The van der Waals surface area contributed by atoms with Crippen molar-refractivity contribution in [3.05, 3.63) is 12.3 Å². The highest BCUT2D eigenvalue weighted by atomic mass is 16.5. The minimum Gasteiger partial charge on any atom is -0.469 e. The zero-order chi connectivity index (χ0) is 13.8. The maximum Gasteiger partial charge on any atom is 0.307 e. The van der Waals surface area contributed by atoms with Crippen LogP contribution in [0.5, 0.6) is 0 Å². The van der Waals surface area contributed by atoms with Crippen molar-refractivity contribution in [2.24, 2.45) is 0 Å². The molecule has 0 atom stereocenters. The lowest BCUT2D eigenvalue weighted by Crippen LogP contribution is -1.99. The Kier molecular flexibility index (Phi) is 10.0. The molecule has 4 heteroatoms. The predicted octanol–water partition coefficient (Wildman–Crippen LogP) is 3.36. The third-order valence-electron chi connectivity index (χ3n) is 2.60. The second-order valence-corrected chi connectivity index (χ2v) is 4.33. The summed E-state index contributed by atoms with van der Waals surface area (Å²) >= 11 is 0. The molecule has 0 aromatic carbocycles. The molecule has 0 aliphatic rings. The third kappa shape index (κ3) is 11.2. The molecule has 0 saturated carbocycles. The highest BCUT2D eigenvalue weighted by Gasteiger charge is 2.00. The number of carbonyl (C=O) groups excluding carboxylic acids is 2. The van der Waals surface area contributed by atoms with E-state index in [9.17, 15) is 9.59 Å². The summed E-state index contributed by atoms with van der Waals surface area (Å²) in [6.45, 7) is 5.06. The first-order chi connectivity index (χ1) is 8.56. The van der Waals surface area contributed by atoms with Gasteiger partial charge in [-0.2, -0.15) is 0 Å². The lowest BCUT2D eigenvalue weighted by molar-refractivity contribution is -0.140. The van der Waals surface area contributed by atoms with E-state index in [1.165, 1.54) is 14.0 Å². The van der Waals surface area contributed by atoms with E-state index < -0.39 is 0 Å². The summed E-state index contributed by atoms with van der Waals surface area (Å²) < 4.78 is 9.41. The molecule has 0 saturated heterocycles. The number of ether oxygens (including phenoxy) is 2. The third-order valence-corrected chi connectivity index (χ3v) is 2.60. The van der Waals surface area contributed by atoms with Gasteiger partial charge in [-0.3, -0.25) is 9.59 Å². The Bertz CT molecular complexity index is 271. The van der Waals surface area contributed by atoms with Gasteiger partial charge in [-0.1, -0.05) is 32.3 Å². The van der Waals surface area contributed by atoms with E-state index in [2.05, 4.69) is 11.3 Å². The highest BCUT2D eigenvalue weighted by Crippen LogP contribution is 2.12. The number of hydrogen-bond donors (Lipinski definition) is 0. The van der Waals surface area contributed by atoms with Crippen molar-refractivity contribution < 1.29 is 19.1 Å². The molecule has 104 valence electrons. The van der Waals surface area contributed by atoms with Crippen LogP contribution in [0, 0.1) is 0 Å². The van der Waals surface area contributed by atoms with Crippen molar-refractivity contribution in [1.29, 1.82) is 0 Å². The number of esters is 2. The van der Waals surface area contributed by atoms with Gasteiger partial charge in [0.05, 0.1) is 7.11 Å². The normalized spacial score (nSPS) is 9.89. The summed E-state index contributed by atoms with van der Waals surface area (Å²) in [4.78, 5) is 21.5. The minimum absolute atomic E-state index is 0.132. The molecule has 0 aromatic heterocycles. The Morgan fingerprint density at radius 3 is 1.94 bits per heavy atom. The number of methoxy groups -OCH3 is 1. The van der Waals surface area contributed by atoms with E-state index in [1.54, 1.807) is 0 Å². The first kappa shape index (κ1) is 16.7. The topological polar surface area (TPSA) is 52.6 Å². The van der Waals surface area contributed by atoms with Gasteiger partial charge in [0.25, 0.3) is 0 Å². The van der Waals surface area contributed by atoms with Gasteiger partial charge in [-0.25, -0.2) is 0 Å². The molecule has 0 rings (SSSR count). The number of allylic oxidation sites excluding steroid dienone is 1. The number of rotatable bonds is 10. The van der Waals surface area contributed by atoms with Crippen molar-refractivity contribution in [2.45, 2.75) is 58.3 Å². The smallest absolute Gasteiger partial charge is 0.307 e. The molecule has 0 amide bonds. The van der Waals surface area contributed by atoms with Crippen molar-refractivity contribution in [2.75, 3.05) is 7.11 Å². The number of carbonyl (C=O) groups is 2. The lowest BCUT2D eigenvalue weighted by atomic mass is 10.1. The summed E-state index contributed by atoms with van der Waals surface area (Å²) in [5.74, 6) is 0.115. The summed E-state index contributed by atoms with van der Waals surface area (Å²) in [6, 6.07) is 0. The van der Waals surface area contributed by atoms with E-state index in [0.29, 0.717) is 12.2 Å². The number of hydrogen-bond acceptors (Lipinski definition) is 4. The average Bonchev–Trinajstić information content (AvgIpc) is 2.31. The molecule has 0 heterocycles. The Hall–Kier alpha value is -1.32. The summed E-state index contributed by atoms with van der Waals surface area (Å²) in [5, 5.41) is 0. The van der Waals surface area contributed by atoms with E-state index in [1.807, 2.05) is 0 Å². The predicted molar refractivity (Wildman–Crippen MR) is 69.9 cm³/mol. The Balaban J connectivity index is 3.23. The first-order valence-electron chi connectivity index (χ1n) is 6.49. The first-order valence-corrected chi connectivity index (χ1v) is 6.49. The highest BCUT2D eigenvalue weighted by molar-refractivity contribution is 5.69. The van der Waals surface area contributed by atoms with Crippen LogP contribution in [0.25, 0.3) is 0 Å². The Morgan fingerprint density at radius 1 is 0.944 bits per heavy atom. The second-order valence-electron chi connectivity index (χ2n) is 4.33. The van der Waals surface area contributed by atoms with Crippen LogP contribution in [0.15, 0.2) is 12.3 Å². The monoisotopic (exact) mass is 256 g/mol. The average molecular weight is 256 g/mol. The van der Waals surface area contributed by atoms with Gasteiger partial charge < -0.3 is 9.47 Å². The second kappa shape index (κ2) is 10.8. The summed E-state index contributed by atoms with van der Waals surface area (Å²) in [5.41, 5.74) is 0. The van der Waals surface area contributed by atoms with Crippen LogP contribution in [0.2, 0.25) is 0 Å². The molecule has 0 radical (unpaired) electrons. The molecule has 0 bridgehead atoms. The summed E-state index contributed by atoms with van der Waals surface area (Å²) in [6.07, 6.45) is 7.54. The van der Waals surface area contributed by atoms with Crippen LogP contribution in [-0.2, 0) is 19.1 Å². The molecule has 0 spiro atoms. The van der Waals surface area contributed by atoms with Crippen LogP contribution in [-0.4, -0.2) is 19.0 Å². The zero-order valence-corrected chi connectivity index (χ0v) is 11.5. The fourth-order valence-corrected chi connectivity index (χ4v) is 1.65. The van der Waals surface area contributed by atoms with Crippen molar-refractivity contribution in [3.63, 3.8) is 0 Å². The maximum absolute atomic E-state index is 10.8. The largest absolute Gasteiger partial charge is 0.469 e. The Labute approximate surface area is 109 Å². The molecule has 4 nitrogen and oxygen atoms in total. The van der Waals surface area contributed by atoms with E-state index in [-0.39, 0.29) is 11.9 Å². The molecule has 0 aromatic rings. The zero-order valence-electron chi connectivity index (χ0n) is 11.5. The van der Waals surface area contributed by atoms with Gasteiger partial charge in [-0.05, 0) is 12.8 Å². The fraction of sp³-hybridized carbons (Fsp3) is 0.714. The van der Waals surface area contributed by atoms with Crippen LogP contribution in [0.3, 0.4) is 0 Å². The van der Waals surface area contributed by atoms with Gasteiger partial charge in [0, 0.05) is 19.8 Å². The molecule has 18 heavy (non-hydrogen) atoms. The minimum atomic E-state index is -0.303. The summed E-state index contributed by atoms with van der Waals surface area (Å²) in [7, 11) is 1.41. The van der Waals surface area contributed by atoms with Crippen molar-refractivity contribution in [3.8, 4) is 0 Å². The van der Waals surface area contributed by atoms with Gasteiger partial charge in [0.2, 0.25) is 0 Å². The molecular weight excluding hydrogens is 232 g/mol. The van der Waals surface area contributed by atoms with Crippen LogP contribution >= 0.6 is 0 Å². The van der Waals surface area contributed by atoms with E-state index in [4.69, 9.17) is 4.74 Å². The van der Waals surface area contributed by atoms with Gasteiger partial charge in [0.1, 0.15) is 5.76 Å². The molecule has 0 fully saturated rings. The Morgan fingerprint density at radius 2 is 1.44 bits per heavy atom.